The Morgan fingerprint density at radius 2 is 1.52 bits per heavy atom. The molecule has 0 aromatic heterocycles. The number of ketones is 1. The summed E-state index contributed by atoms with van der Waals surface area (Å²) in [4.78, 5) is 23.4. The molecule has 5 heteroatoms. The minimum absolute atomic E-state index is 0.0515. The van der Waals surface area contributed by atoms with Crippen molar-refractivity contribution >= 4 is 11.8 Å². The van der Waals surface area contributed by atoms with Crippen molar-refractivity contribution in [1.29, 1.82) is 0 Å². The lowest BCUT2D eigenvalue weighted by Gasteiger charge is -2.31. The van der Waals surface area contributed by atoms with Gasteiger partial charge in [0.25, 0.3) is 0 Å². The number of carbonyl (C=O) groups excluding carboxylic acids is 1. The van der Waals surface area contributed by atoms with Crippen LogP contribution >= 0.6 is 0 Å². The molecule has 0 amide bonds. The minimum Gasteiger partial charge on any atom is -0.481 e. The molecule has 0 aromatic carbocycles. The van der Waals surface area contributed by atoms with E-state index < -0.39 is 23.9 Å². The molecular formula is C20H39NO4. The number of carboxylic acid groups (broad SMARTS) is 1. The van der Waals surface area contributed by atoms with E-state index in [1.54, 1.807) is 13.8 Å². The number of nitrogens with two attached hydrogens (primary N) is 1. The van der Waals surface area contributed by atoms with Crippen LogP contribution in [0.1, 0.15) is 79.6 Å². The van der Waals surface area contributed by atoms with Crippen molar-refractivity contribution in [2.45, 2.75) is 85.7 Å². The van der Waals surface area contributed by atoms with Crippen molar-refractivity contribution in [1.82, 2.24) is 0 Å². The smallest absolute Gasteiger partial charge is 0.306 e. The highest BCUT2D eigenvalue weighted by molar-refractivity contribution is 5.87. The van der Waals surface area contributed by atoms with E-state index in [-0.39, 0.29) is 11.7 Å². The lowest BCUT2D eigenvalue weighted by Crippen LogP contribution is -2.41. The molecule has 148 valence electrons. The second-order valence-electron chi connectivity index (χ2n) is 8.41. The summed E-state index contributed by atoms with van der Waals surface area (Å²) < 4.78 is 0. The van der Waals surface area contributed by atoms with Gasteiger partial charge in [-0.1, -0.05) is 53.9 Å². The molecule has 0 spiro atoms. The van der Waals surface area contributed by atoms with Crippen LogP contribution in [-0.2, 0) is 9.59 Å². The summed E-state index contributed by atoms with van der Waals surface area (Å²) in [6.07, 6.45) is 4.90. The molecule has 0 aliphatic heterocycles. The number of rotatable bonds is 14. The Labute approximate surface area is 153 Å². The SMILES string of the molecule is CC(CCCN)CCCC(C)CC(C)C(=O)C(C)(C)C(O)CC(=O)O. The Morgan fingerprint density at radius 1 is 1.00 bits per heavy atom. The highest BCUT2D eigenvalue weighted by Crippen LogP contribution is 2.31. The minimum atomic E-state index is -1.15. The quantitative estimate of drug-likeness (QED) is 0.441. The normalized spacial score (nSPS) is 16.9. The first-order chi connectivity index (χ1) is 11.5. The number of hydrogen-bond acceptors (Lipinski definition) is 4. The van der Waals surface area contributed by atoms with Gasteiger partial charge in [-0.25, -0.2) is 0 Å². The molecule has 0 aromatic rings. The molecule has 0 aliphatic rings. The zero-order valence-corrected chi connectivity index (χ0v) is 16.8. The van der Waals surface area contributed by atoms with Gasteiger partial charge >= 0.3 is 5.97 Å². The second-order valence-corrected chi connectivity index (χ2v) is 8.41. The summed E-state index contributed by atoms with van der Waals surface area (Å²) in [6, 6.07) is 0. The highest BCUT2D eigenvalue weighted by atomic mass is 16.4. The van der Waals surface area contributed by atoms with Gasteiger partial charge in [0.15, 0.2) is 0 Å². The standard InChI is InChI=1S/C20H39NO4/c1-14(10-7-11-21)8-6-9-15(2)12-16(3)19(25)20(4,5)17(22)13-18(23)24/h14-17,22H,6-13,21H2,1-5H3,(H,23,24). The summed E-state index contributed by atoms with van der Waals surface area (Å²) in [5.41, 5.74) is 4.50. The molecule has 0 saturated heterocycles. The molecule has 4 atom stereocenters. The summed E-state index contributed by atoms with van der Waals surface area (Å²) in [5.74, 6) is -0.182. The Balaban J connectivity index is 4.34. The van der Waals surface area contributed by atoms with Gasteiger partial charge < -0.3 is 15.9 Å². The average molecular weight is 358 g/mol. The van der Waals surface area contributed by atoms with Gasteiger partial charge in [0.1, 0.15) is 5.78 Å². The Hall–Kier alpha value is -0.940. The third kappa shape index (κ3) is 9.36. The highest BCUT2D eigenvalue weighted by Gasteiger charge is 2.39. The van der Waals surface area contributed by atoms with Gasteiger partial charge in [0.2, 0.25) is 0 Å². The monoisotopic (exact) mass is 357 g/mol. The molecule has 5 nitrogen and oxygen atoms in total. The Bertz CT molecular complexity index is 409. The van der Waals surface area contributed by atoms with Gasteiger partial charge in [-0.05, 0) is 37.6 Å². The van der Waals surface area contributed by atoms with Gasteiger partial charge in [-0.15, -0.1) is 0 Å². The Kier molecular flexibility index (Phi) is 11.2. The van der Waals surface area contributed by atoms with Crippen molar-refractivity contribution in [2.24, 2.45) is 28.9 Å². The molecule has 0 fully saturated rings. The van der Waals surface area contributed by atoms with Gasteiger partial charge in [0.05, 0.1) is 17.9 Å². The maximum absolute atomic E-state index is 12.7. The first-order valence-electron chi connectivity index (χ1n) is 9.66. The first kappa shape index (κ1) is 24.1. The summed E-state index contributed by atoms with van der Waals surface area (Å²) in [7, 11) is 0. The molecule has 4 N–H and O–H groups in total. The number of hydrogen-bond donors (Lipinski definition) is 3. The fraction of sp³-hybridized carbons (Fsp3) is 0.900. The zero-order chi connectivity index (χ0) is 19.6. The lowest BCUT2D eigenvalue weighted by atomic mass is 9.74. The van der Waals surface area contributed by atoms with Crippen LogP contribution in [0.2, 0.25) is 0 Å². The summed E-state index contributed by atoms with van der Waals surface area (Å²) in [6.45, 7) is 10.3. The number of carboxylic acids is 1. The molecule has 0 radical (unpaired) electrons. The molecule has 0 saturated carbocycles. The number of carbonyl (C=O) groups is 2. The zero-order valence-electron chi connectivity index (χ0n) is 16.8. The van der Waals surface area contributed by atoms with Crippen LogP contribution in [0.4, 0.5) is 0 Å². The molecule has 0 bridgehead atoms. The maximum atomic E-state index is 12.7. The van der Waals surface area contributed by atoms with Gasteiger partial charge in [-0.2, -0.15) is 0 Å². The first-order valence-corrected chi connectivity index (χ1v) is 9.66. The predicted octanol–water partition coefficient (Wildman–Crippen LogP) is 3.62. The van der Waals surface area contributed by atoms with E-state index in [0.29, 0.717) is 11.8 Å². The molecule has 0 heterocycles. The van der Waals surface area contributed by atoms with Crippen molar-refractivity contribution in [3.05, 3.63) is 0 Å². The van der Waals surface area contributed by atoms with Crippen LogP contribution < -0.4 is 5.73 Å². The van der Waals surface area contributed by atoms with Crippen molar-refractivity contribution in [3.8, 4) is 0 Å². The third-order valence-corrected chi connectivity index (χ3v) is 5.33. The molecule has 25 heavy (non-hydrogen) atoms. The molecule has 0 rings (SSSR count). The van der Waals surface area contributed by atoms with Gasteiger partial charge in [-0.3, -0.25) is 9.59 Å². The molecule has 0 aliphatic carbocycles. The summed E-state index contributed by atoms with van der Waals surface area (Å²) in [5, 5.41) is 18.9. The largest absolute Gasteiger partial charge is 0.481 e. The average Bonchev–Trinajstić information content (AvgIpc) is 2.51. The topological polar surface area (TPSA) is 101 Å². The van der Waals surface area contributed by atoms with E-state index in [4.69, 9.17) is 10.8 Å². The second kappa shape index (κ2) is 11.6. The van der Waals surface area contributed by atoms with Crippen molar-refractivity contribution < 1.29 is 19.8 Å². The van der Waals surface area contributed by atoms with E-state index in [9.17, 15) is 14.7 Å². The third-order valence-electron chi connectivity index (χ3n) is 5.33. The number of Topliss-reactive ketones (excluding diaryl/α,β-unsaturated/α-hetero) is 1. The number of aliphatic carboxylic acids is 1. The predicted molar refractivity (Wildman–Crippen MR) is 101 cm³/mol. The van der Waals surface area contributed by atoms with Crippen molar-refractivity contribution in [2.75, 3.05) is 6.54 Å². The van der Waals surface area contributed by atoms with Crippen LogP contribution in [0, 0.1) is 23.2 Å². The van der Waals surface area contributed by atoms with Crippen LogP contribution in [0.5, 0.6) is 0 Å². The number of aliphatic hydroxyl groups excluding tert-OH is 1. The summed E-state index contributed by atoms with van der Waals surface area (Å²) >= 11 is 0. The molecule has 4 unspecified atom stereocenters. The van der Waals surface area contributed by atoms with E-state index in [0.717, 1.165) is 32.2 Å². The number of aliphatic hydroxyl groups is 1. The van der Waals surface area contributed by atoms with E-state index in [1.165, 1.54) is 12.8 Å². The molecular weight excluding hydrogens is 318 g/mol. The van der Waals surface area contributed by atoms with Crippen molar-refractivity contribution in [3.63, 3.8) is 0 Å². The van der Waals surface area contributed by atoms with Crippen LogP contribution in [0.3, 0.4) is 0 Å². The van der Waals surface area contributed by atoms with Crippen LogP contribution in [0.25, 0.3) is 0 Å². The lowest BCUT2D eigenvalue weighted by molar-refractivity contribution is -0.145. The van der Waals surface area contributed by atoms with Crippen LogP contribution in [-0.4, -0.2) is 34.6 Å². The van der Waals surface area contributed by atoms with E-state index in [2.05, 4.69) is 13.8 Å². The van der Waals surface area contributed by atoms with E-state index >= 15 is 0 Å². The fourth-order valence-electron chi connectivity index (χ4n) is 3.47. The van der Waals surface area contributed by atoms with E-state index in [1.807, 2.05) is 6.92 Å². The Morgan fingerprint density at radius 3 is 2.04 bits per heavy atom. The van der Waals surface area contributed by atoms with Gasteiger partial charge in [0, 0.05) is 5.92 Å². The fourth-order valence-corrected chi connectivity index (χ4v) is 3.47. The van der Waals surface area contributed by atoms with Crippen LogP contribution in [0.15, 0.2) is 0 Å². The maximum Gasteiger partial charge on any atom is 0.306 e.